The molecule has 0 bridgehead atoms. The van der Waals surface area contributed by atoms with Gasteiger partial charge < -0.3 is 29.9 Å². The van der Waals surface area contributed by atoms with Crippen molar-refractivity contribution in [3.05, 3.63) is 71.1 Å². The number of hydrogen-bond acceptors (Lipinski definition) is 5. The van der Waals surface area contributed by atoms with Crippen molar-refractivity contribution < 1.29 is 19.4 Å². The predicted molar refractivity (Wildman–Crippen MR) is 154 cm³/mol. The summed E-state index contributed by atoms with van der Waals surface area (Å²) in [6.45, 7) is 4.35. The molecule has 3 atom stereocenters. The lowest BCUT2D eigenvalue weighted by Crippen LogP contribution is -2.54. The highest BCUT2D eigenvalue weighted by molar-refractivity contribution is 6.30. The van der Waals surface area contributed by atoms with Gasteiger partial charge in [0.25, 0.3) is 5.91 Å². The maximum absolute atomic E-state index is 14.1. The number of nitrogens with one attached hydrogen (secondary N) is 2. The third kappa shape index (κ3) is 6.26. The van der Waals surface area contributed by atoms with Crippen LogP contribution in [-0.4, -0.2) is 69.9 Å². The van der Waals surface area contributed by atoms with Crippen LogP contribution in [0.3, 0.4) is 0 Å². The smallest absolute Gasteiger partial charge is 0.404 e. The van der Waals surface area contributed by atoms with E-state index < -0.39 is 6.09 Å². The first-order chi connectivity index (χ1) is 19.4. The number of imidazole rings is 1. The fourth-order valence-corrected chi connectivity index (χ4v) is 6.04. The Kier molecular flexibility index (Phi) is 8.91. The van der Waals surface area contributed by atoms with Crippen LogP contribution in [0.2, 0.25) is 5.02 Å². The molecule has 212 valence electrons. The van der Waals surface area contributed by atoms with Gasteiger partial charge in [0.1, 0.15) is 5.75 Å². The molecular weight excluding hydrogens is 530 g/mol. The van der Waals surface area contributed by atoms with E-state index in [1.807, 2.05) is 64.9 Å². The van der Waals surface area contributed by atoms with Crippen LogP contribution in [0.4, 0.5) is 4.79 Å². The van der Waals surface area contributed by atoms with Crippen molar-refractivity contribution in [3.63, 3.8) is 0 Å². The number of aryl methyl sites for hydroxylation is 1. The minimum atomic E-state index is -1.03. The molecule has 1 aromatic heterocycles. The summed E-state index contributed by atoms with van der Waals surface area (Å²) < 4.78 is 8.07. The second-order valence-electron chi connectivity index (χ2n) is 10.5. The number of piperazine rings is 1. The van der Waals surface area contributed by atoms with Crippen molar-refractivity contribution in [1.82, 2.24) is 25.1 Å². The molecule has 5 rings (SSSR count). The Hall–Kier alpha value is -3.56. The predicted octanol–water partition coefficient (Wildman–Crippen LogP) is 5.15. The molecule has 0 unspecified atom stereocenters. The lowest BCUT2D eigenvalue weighted by molar-refractivity contribution is 0.0601. The zero-order valence-electron chi connectivity index (χ0n) is 22.7. The van der Waals surface area contributed by atoms with Gasteiger partial charge in [0.05, 0.1) is 30.7 Å². The van der Waals surface area contributed by atoms with Crippen LogP contribution in [0.15, 0.2) is 54.9 Å². The fourth-order valence-electron chi connectivity index (χ4n) is 5.88. The zero-order valence-corrected chi connectivity index (χ0v) is 23.4. The Morgan fingerprint density at radius 1 is 1.18 bits per heavy atom. The molecule has 40 heavy (non-hydrogen) atoms. The molecule has 9 nitrogen and oxygen atoms in total. The average molecular weight is 566 g/mol. The SMILES string of the molecule is Cc1ccc(Cl)cc1OCC[C@@H]1CNCCN1C(=O)c1ncn([C@H]2CCCC[C@@H]2NC(=O)O)c1-c1ccccc1. The third-order valence-corrected chi connectivity index (χ3v) is 8.14. The quantitative estimate of drug-likeness (QED) is 0.349. The van der Waals surface area contributed by atoms with Gasteiger partial charge in [-0.2, -0.15) is 0 Å². The molecule has 0 radical (unpaired) electrons. The highest BCUT2D eigenvalue weighted by Crippen LogP contribution is 2.35. The highest BCUT2D eigenvalue weighted by Gasteiger charge is 2.35. The molecule has 3 N–H and O–H groups in total. The number of halogens is 1. The van der Waals surface area contributed by atoms with Crippen LogP contribution in [0.1, 0.15) is 54.2 Å². The van der Waals surface area contributed by atoms with E-state index in [0.717, 1.165) is 48.3 Å². The van der Waals surface area contributed by atoms with Gasteiger partial charge in [-0.25, -0.2) is 9.78 Å². The number of rotatable bonds is 8. The Morgan fingerprint density at radius 3 is 2.77 bits per heavy atom. The molecule has 2 amide bonds. The Labute approximate surface area is 239 Å². The van der Waals surface area contributed by atoms with E-state index in [2.05, 4.69) is 15.6 Å². The van der Waals surface area contributed by atoms with Crippen LogP contribution in [0, 0.1) is 6.92 Å². The van der Waals surface area contributed by atoms with Gasteiger partial charge in [-0.1, -0.05) is 60.8 Å². The third-order valence-electron chi connectivity index (χ3n) is 7.91. The topological polar surface area (TPSA) is 109 Å². The second-order valence-corrected chi connectivity index (χ2v) is 11.0. The van der Waals surface area contributed by atoms with Crippen LogP contribution in [0.25, 0.3) is 11.3 Å². The normalized spacial score (nSPS) is 21.1. The monoisotopic (exact) mass is 565 g/mol. The summed E-state index contributed by atoms with van der Waals surface area (Å²) in [5, 5.41) is 16.2. The molecule has 0 spiro atoms. The second kappa shape index (κ2) is 12.7. The van der Waals surface area contributed by atoms with Crippen LogP contribution in [-0.2, 0) is 0 Å². The largest absolute Gasteiger partial charge is 0.493 e. The molecule has 2 heterocycles. The van der Waals surface area contributed by atoms with Crippen molar-refractivity contribution in [2.24, 2.45) is 0 Å². The number of carboxylic acid groups (broad SMARTS) is 1. The van der Waals surface area contributed by atoms with Crippen molar-refractivity contribution in [2.45, 2.75) is 57.2 Å². The highest BCUT2D eigenvalue weighted by atomic mass is 35.5. The van der Waals surface area contributed by atoms with E-state index in [9.17, 15) is 14.7 Å². The first-order valence-corrected chi connectivity index (χ1v) is 14.3. The van der Waals surface area contributed by atoms with Gasteiger partial charge in [0.15, 0.2) is 5.69 Å². The number of ether oxygens (including phenoxy) is 1. The number of benzene rings is 2. The van der Waals surface area contributed by atoms with E-state index in [0.29, 0.717) is 43.4 Å². The number of aromatic nitrogens is 2. The van der Waals surface area contributed by atoms with Crippen LogP contribution >= 0.6 is 11.6 Å². The summed E-state index contributed by atoms with van der Waals surface area (Å²) in [6.07, 6.45) is 4.84. The Morgan fingerprint density at radius 2 is 1.98 bits per heavy atom. The Bertz CT molecular complexity index is 1330. The molecule has 1 saturated carbocycles. The van der Waals surface area contributed by atoms with E-state index in [1.165, 1.54) is 0 Å². The number of hydrogen-bond donors (Lipinski definition) is 3. The maximum Gasteiger partial charge on any atom is 0.404 e. The lowest BCUT2D eigenvalue weighted by Gasteiger charge is -2.36. The molecule has 2 aromatic carbocycles. The molecule has 3 aromatic rings. The number of carbonyl (C=O) groups is 2. The lowest BCUT2D eigenvalue weighted by atomic mass is 9.89. The average Bonchev–Trinajstić information content (AvgIpc) is 3.40. The van der Waals surface area contributed by atoms with Crippen LogP contribution < -0.4 is 15.4 Å². The Balaban J connectivity index is 1.41. The summed E-state index contributed by atoms with van der Waals surface area (Å²) >= 11 is 6.15. The molecule has 1 aliphatic carbocycles. The number of amides is 2. The van der Waals surface area contributed by atoms with Crippen molar-refractivity contribution in [3.8, 4) is 17.0 Å². The molecule has 1 aliphatic heterocycles. The summed E-state index contributed by atoms with van der Waals surface area (Å²) in [7, 11) is 0. The van der Waals surface area contributed by atoms with Gasteiger partial charge in [-0.3, -0.25) is 4.79 Å². The zero-order chi connectivity index (χ0) is 28.1. The summed E-state index contributed by atoms with van der Waals surface area (Å²) in [5.74, 6) is 0.623. The minimum absolute atomic E-state index is 0.0642. The minimum Gasteiger partial charge on any atom is -0.493 e. The van der Waals surface area contributed by atoms with Crippen molar-refractivity contribution in [1.29, 1.82) is 0 Å². The van der Waals surface area contributed by atoms with Gasteiger partial charge in [0, 0.05) is 42.7 Å². The molecular formula is C30H36ClN5O4. The van der Waals surface area contributed by atoms with E-state index >= 15 is 0 Å². The van der Waals surface area contributed by atoms with E-state index in [1.54, 1.807) is 6.33 Å². The van der Waals surface area contributed by atoms with E-state index in [4.69, 9.17) is 16.3 Å². The molecule has 2 fully saturated rings. The van der Waals surface area contributed by atoms with Crippen molar-refractivity contribution in [2.75, 3.05) is 26.2 Å². The van der Waals surface area contributed by atoms with Crippen molar-refractivity contribution >= 4 is 23.6 Å². The van der Waals surface area contributed by atoms with E-state index in [-0.39, 0.29) is 24.0 Å². The first kappa shape index (κ1) is 28.0. The van der Waals surface area contributed by atoms with Gasteiger partial charge in [0.2, 0.25) is 0 Å². The first-order valence-electron chi connectivity index (χ1n) is 13.9. The van der Waals surface area contributed by atoms with Gasteiger partial charge in [-0.05, 0) is 37.5 Å². The number of nitrogens with zero attached hydrogens (tertiary/aromatic N) is 3. The summed E-state index contributed by atoms with van der Waals surface area (Å²) in [5.41, 5.74) is 3.02. The van der Waals surface area contributed by atoms with Gasteiger partial charge >= 0.3 is 6.09 Å². The van der Waals surface area contributed by atoms with Gasteiger partial charge in [-0.15, -0.1) is 0 Å². The molecule has 2 aliphatic rings. The summed E-state index contributed by atoms with van der Waals surface area (Å²) in [4.78, 5) is 32.3. The standard InChI is InChI=1S/C30H36ClN5O4/c1-20-11-12-22(31)17-26(20)40-16-13-23-18-32-14-15-35(23)29(37)27-28(21-7-3-2-4-8-21)36(19-33-27)25-10-6-5-9-24(25)34-30(38)39/h2-4,7-8,11-12,17,19,23-25,32,34H,5-6,9-10,13-16,18H2,1H3,(H,38,39)/t23-,24+,25+/m1/s1. The maximum atomic E-state index is 14.1. The fraction of sp³-hybridized carbons (Fsp3) is 0.433. The molecule has 1 saturated heterocycles. The summed E-state index contributed by atoms with van der Waals surface area (Å²) in [6, 6.07) is 14.9. The number of carbonyl (C=O) groups excluding carboxylic acids is 1. The molecule has 10 heteroatoms. The van der Waals surface area contributed by atoms with Crippen LogP contribution in [0.5, 0.6) is 5.75 Å².